The van der Waals surface area contributed by atoms with Crippen LogP contribution in [0.3, 0.4) is 0 Å². The molecular weight excluding hydrogens is 264 g/mol. The van der Waals surface area contributed by atoms with E-state index in [-0.39, 0.29) is 0 Å². The zero-order chi connectivity index (χ0) is 13.4. The lowest BCUT2D eigenvalue weighted by Gasteiger charge is -2.05. The molecule has 3 rings (SSSR count). The summed E-state index contributed by atoms with van der Waals surface area (Å²) in [5, 5.41) is 0.315. The molecule has 0 aliphatic carbocycles. The van der Waals surface area contributed by atoms with Crippen LogP contribution in [-0.2, 0) is 6.54 Å². The van der Waals surface area contributed by atoms with Gasteiger partial charge in [0.25, 0.3) is 0 Å². The van der Waals surface area contributed by atoms with E-state index < -0.39 is 11.4 Å². The van der Waals surface area contributed by atoms with Crippen LogP contribution in [-0.4, -0.2) is 9.55 Å². The van der Waals surface area contributed by atoms with Crippen LogP contribution in [0.2, 0.25) is 0 Å². The van der Waals surface area contributed by atoms with Crippen LogP contribution in [0.25, 0.3) is 11.0 Å². The van der Waals surface area contributed by atoms with Gasteiger partial charge in [0.1, 0.15) is 5.39 Å². The summed E-state index contributed by atoms with van der Waals surface area (Å²) in [4.78, 5) is 29.7. The Kier molecular flexibility index (Phi) is 2.79. The average molecular weight is 274 g/mol. The molecule has 6 heteroatoms. The molecule has 0 bridgehead atoms. The number of pyridine rings is 1. The summed E-state index contributed by atoms with van der Waals surface area (Å²) in [5.74, 6) is -0.678. The van der Waals surface area contributed by atoms with Gasteiger partial charge in [-0.25, -0.2) is 14.6 Å². The minimum Gasteiger partial charge on any atom is -0.372 e. The Bertz CT molecular complexity index is 860. The van der Waals surface area contributed by atoms with Crippen LogP contribution in [0.4, 0.5) is 0 Å². The molecule has 0 spiro atoms. The van der Waals surface area contributed by atoms with Crippen molar-refractivity contribution in [3.8, 4) is 0 Å². The van der Waals surface area contributed by atoms with E-state index in [1.807, 2.05) is 19.1 Å². The monoisotopic (exact) mass is 274 g/mol. The molecule has 96 valence electrons. The maximum atomic E-state index is 11.8. The van der Waals surface area contributed by atoms with E-state index in [0.29, 0.717) is 17.6 Å². The van der Waals surface area contributed by atoms with Crippen molar-refractivity contribution >= 4 is 22.4 Å². The third kappa shape index (κ3) is 2.10. The number of nitrogens with zero attached hydrogens (tertiary/aromatic N) is 2. The van der Waals surface area contributed by atoms with Crippen LogP contribution in [0, 0.1) is 6.92 Å². The Morgan fingerprint density at radius 2 is 2.16 bits per heavy atom. The Morgan fingerprint density at radius 1 is 1.32 bits per heavy atom. The zero-order valence-electron chi connectivity index (χ0n) is 10.1. The van der Waals surface area contributed by atoms with Crippen LogP contribution >= 0.6 is 11.3 Å². The van der Waals surface area contributed by atoms with Crippen LogP contribution in [0.5, 0.6) is 0 Å². The minimum atomic E-state index is -0.678. The normalized spacial score (nSPS) is 11.0. The van der Waals surface area contributed by atoms with Crippen molar-refractivity contribution in [1.29, 1.82) is 0 Å². The molecule has 0 fully saturated rings. The fourth-order valence-electron chi connectivity index (χ4n) is 1.91. The Labute approximate surface area is 111 Å². The highest BCUT2D eigenvalue weighted by Crippen LogP contribution is 2.16. The van der Waals surface area contributed by atoms with Crippen molar-refractivity contribution in [3.05, 3.63) is 61.2 Å². The topological polar surface area (TPSA) is 65.1 Å². The third-order valence-corrected chi connectivity index (χ3v) is 3.76. The molecule has 0 unspecified atom stereocenters. The van der Waals surface area contributed by atoms with Gasteiger partial charge in [-0.1, -0.05) is 0 Å². The van der Waals surface area contributed by atoms with Gasteiger partial charge in [-0.3, -0.25) is 4.57 Å². The molecule has 0 saturated carbocycles. The van der Waals surface area contributed by atoms with Crippen molar-refractivity contribution in [2.75, 3.05) is 0 Å². The molecule has 0 aliphatic rings. The van der Waals surface area contributed by atoms with Gasteiger partial charge in [0.15, 0.2) is 5.65 Å². The molecule has 19 heavy (non-hydrogen) atoms. The van der Waals surface area contributed by atoms with Crippen molar-refractivity contribution < 1.29 is 4.42 Å². The third-order valence-electron chi connectivity index (χ3n) is 2.77. The first-order valence-corrected chi connectivity index (χ1v) is 6.51. The van der Waals surface area contributed by atoms with Crippen molar-refractivity contribution in [2.24, 2.45) is 0 Å². The standard InChI is InChI=1S/C13H10N2O3S/c1-8-4-5-9(19-8)7-15-11-10(3-2-6-14-11)12(16)18-13(15)17/h2-6H,7H2,1H3. The van der Waals surface area contributed by atoms with Gasteiger partial charge in [0, 0.05) is 16.0 Å². The van der Waals surface area contributed by atoms with Gasteiger partial charge >= 0.3 is 11.4 Å². The molecular formula is C13H10N2O3S. The second-order valence-electron chi connectivity index (χ2n) is 4.13. The molecule has 0 radical (unpaired) electrons. The van der Waals surface area contributed by atoms with Gasteiger partial charge in [-0.05, 0) is 31.2 Å². The van der Waals surface area contributed by atoms with Crippen LogP contribution in [0.1, 0.15) is 9.75 Å². The largest absolute Gasteiger partial charge is 0.423 e. The molecule has 0 atom stereocenters. The Balaban J connectivity index is 2.23. The van der Waals surface area contributed by atoms with E-state index in [1.165, 1.54) is 4.57 Å². The summed E-state index contributed by atoms with van der Waals surface area (Å²) in [6, 6.07) is 7.18. The fourth-order valence-corrected chi connectivity index (χ4v) is 2.79. The number of rotatable bonds is 2. The quantitative estimate of drug-likeness (QED) is 0.714. The van der Waals surface area contributed by atoms with Crippen LogP contribution in [0.15, 0.2) is 44.5 Å². The second-order valence-corrected chi connectivity index (χ2v) is 5.50. The summed E-state index contributed by atoms with van der Waals surface area (Å²) < 4.78 is 6.09. The van der Waals surface area contributed by atoms with Gasteiger partial charge in [-0.2, -0.15) is 0 Å². The van der Waals surface area contributed by atoms with E-state index in [1.54, 1.807) is 29.7 Å². The van der Waals surface area contributed by atoms with Crippen molar-refractivity contribution in [1.82, 2.24) is 9.55 Å². The lowest BCUT2D eigenvalue weighted by Crippen LogP contribution is -2.25. The molecule has 0 saturated heterocycles. The molecule has 3 heterocycles. The Morgan fingerprint density at radius 3 is 2.89 bits per heavy atom. The molecule has 0 N–H and O–H groups in total. The molecule has 5 nitrogen and oxygen atoms in total. The number of hydrogen-bond acceptors (Lipinski definition) is 5. The minimum absolute atomic E-state index is 0.315. The van der Waals surface area contributed by atoms with Gasteiger partial charge in [0.2, 0.25) is 0 Å². The second kappa shape index (κ2) is 4.47. The summed E-state index contributed by atoms with van der Waals surface area (Å²) in [6.45, 7) is 2.35. The van der Waals surface area contributed by atoms with E-state index in [9.17, 15) is 9.59 Å². The number of aromatic nitrogens is 2. The lowest BCUT2D eigenvalue weighted by molar-refractivity contribution is 0.424. The van der Waals surface area contributed by atoms with Gasteiger partial charge in [-0.15, -0.1) is 11.3 Å². The molecule has 3 aromatic rings. The van der Waals surface area contributed by atoms with E-state index in [0.717, 1.165) is 9.75 Å². The van der Waals surface area contributed by atoms with Gasteiger partial charge in [0.05, 0.1) is 6.54 Å². The molecule has 0 aliphatic heterocycles. The molecule has 0 amide bonds. The fraction of sp³-hybridized carbons (Fsp3) is 0.154. The van der Waals surface area contributed by atoms with E-state index in [4.69, 9.17) is 4.42 Å². The summed E-state index contributed by atoms with van der Waals surface area (Å²) in [5.41, 5.74) is -0.290. The predicted octanol–water partition coefficient (Wildman–Crippen LogP) is 1.77. The van der Waals surface area contributed by atoms with E-state index in [2.05, 4.69) is 4.98 Å². The first kappa shape index (κ1) is 11.9. The summed E-state index contributed by atoms with van der Waals surface area (Å²) >= 11 is 1.60. The zero-order valence-corrected chi connectivity index (χ0v) is 10.9. The first-order chi connectivity index (χ1) is 9.15. The number of hydrogen-bond donors (Lipinski definition) is 0. The summed E-state index contributed by atoms with van der Waals surface area (Å²) in [7, 11) is 0. The Hall–Kier alpha value is -2.21. The molecule has 0 aromatic carbocycles. The maximum absolute atomic E-state index is 11.8. The van der Waals surface area contributed by atoms with Crippen molar-refractivity contribution in [3.63, 3.8) is 0 Å². The highest BCUT2D eigenvalue weighted by atomic mass is 32.1. The van der Waals surface area contributed by atoms with Crippen molar-refractivity contribution in [2.45, 2.75) is 13.5 Å². The predicted molar refractivity (Wildman–Crippen MR) is 72.7 cm³/mol. The van der Waals surface area contributed by atoms with E-state index >= 15 is 0 Å². The van der Waals surface area contributed by atoms with Crippen LogP contribution < -0.4 is 11.4 Å². The maximum Gasteiger partial charge on any atom is 0.423 e. The smallest absolute Gasteiger partial charge is 0.372 e. The highest BCUT2D eigenvalue weighted by molar-refractivity contribution is 7.11. The highest BCUT2D eigenvalue weighted by Gasteiger charge is 2.11. The average Bonchev–Trinajstić information content (AvgIpc) is 2.80. The number of aryl methyl sites for hydroxylation is 1. The number of thiophene rings is 1. The summed E-state index contributed by atoms with van der Waals surface area (Å²) in [6.07, 6.45) is 1.55. The number of fused-ring (bicyclic) bond motifs is 1. The first-order valence-electron chi connectivity index (χ1n) is 5.69. The SMILES string of the molecule is Cc1ccc(Cn2c(=O)oc(=O)c3cccnc32)s1. The lowest BCUT2D eigenvalue weighted by atomic mass is 10.3. The molecule has 3 aromatic heterocycles. The van der Waals surface area contributed by atoms with Gasteiger partial charge < -0.3 is 4.42 Å².